The van der Waals surface area contributed by atoms with Crippen LogP contribution in [0.4, 0.5) is 5.69 Å². The van der Waals surface area contributed by atoms with Crippen molar-refractivity contribution in [3.05, 3.63) is 30.6 Å². The normalized spacial score (nSPS) is 15.0. The highest BCUT2D eigenvalue weighted by atomic mass is 16.5. The van der Waals surface area contributed by atoms with Crippen LogP contribution in [0.25, 0.3) is 0 Å². The average molecular weight is 287 g/mol. The summed E-state index contributed by atoms with van der Waals surface area (Å²) in [4.78, 5) is 11.9. The summed E-state index contributed by atoms with van der Waals surface area (Å²) in [5, 5.41) is 13.4. The molecule has 3 rings (SSSR count). The van der Waals surface area contributed by atoms with Gasteiger partial charge in [-0.2, -0.15) is 0 Å². The van der Waals surface area contributed by atoms with Gasteiger partial charge in [-0.05, 0) is 48.2 Å². The summed E-state index contributed by atoms with van der Waals surface area (Å²) in [6.45, 7) is 0.0840. The molecule has 1 aliphatic rings. The monoisotopic (exact) mass is 287 g/mol. The van der Waals surface area contributed by atoms with Gasteiger partial charge in [-0.3, -0.25) is 4.79 Å². The molecule has 1 aromatic carbocycles. The Morgan fingerprint density at radius 1 is 1.38 bits per heavy atom. The number of benzene rings is 1. The smallest absolute Gasteiger partial charge is 0.246 e. The van der Waals surface area contributed by atoms with Crippen molar-refractivity contribution in [2.24, 2.45) is 0 Å². The molecule has 1 saturated carbocycles. The first kappa shape index (κ1) is 13.5. The minimum Gasteiger partial charge on any atom is -0.490 e. The quantitative estimate of drug-likeness (QED) is 0.904. The maximum Gasteiger partial charge on any atom is 0.246 e. The zero-order chi connectivity index (χ0) is 14.5. The molecule has 2 aromatic rings. The van der Waals surface area contributed by atoms with E-state index in [1.54, 1.807) is 0 Å². The fourth-order valence-corrected chi connectivity index (χ4v) is 2.45. The lowest BCUT2D eigenvalue weighted by Gasteiger charge is -2.14. The summed E-state index contributed by atoms with van der Waals surface area (Å²) in [5.41, 5.74) is 0.712. The first-order valence-corrected chi connectivity index (χ1v) is 7.07. The Balaban J connectivity index is 1.58. The van der Waals surface area contributed by atoms with Crippen LogP contribution in [0.15, 0.2) is 30.6 Å². The van der Waals surface area contributed by atoms with Crippen LogP contribution < -0.4 is 10.1 Å². The first-order valence-electron chi connectivity index (χ1n) is 7.07. The molecule has 0 aliphatic heterocycles. The minimum atomic E-state index is -0.180. The Morgan fingerprint density at radius 3 is 3.00 bits per heavy atom. The predicted molar refractivity (Wildman–Crippen MR) is 75.8 cm³/mol. The average Bonchev–Trinajstić information content (AvgIpc) is 3.12. The van der Waals surface area contributed by atoms with Gasteiger partial charge in [0.2, 0.25) is 5.91 Å². The highest BCUT2D eigenvalue weighted by Crippen LogP contribution is 2.25. The van der Waals surface area contributed by atoms with E-state index in [1.165, 1.54) is 23.9 Å². The van der Waals surface area contributed by atoms with E-state index in [-0.39, 0.29) is 12.5 Å². The molecule has 7 heteroatoms. The van der Waals surface area contributed by atoms with Crippen LogP contribution in [0.5, 0.6) is 5.75 Å². The lowest BCUT2D eigenvalue weighted by atomic mass is 10.2. The Hall–Kier alpha value is -2.44. The van der Waals surface area contributed by atoms with Crippen molar-refractivity contribution in [2.45, 2.75) is 38.3 Å². The van der Waals surface area contributed by atoms with Crippen molar-refractivity contribution in [3.63, 3.8) is 0 Å². The van der Waals surface area contributed by atoms with Gasteiger partial charge in [-0.15, -0.1) is 5.10 Å². The maximum atomic E-state index is 11.9. The van der Waals surface area contributed by atoms with Crippen molar-refractivity contribution in [3.8, 4) is 5.75 Å². The molecule has 110 valence electrons. The number of anilines is 1. The highest BCUT2D eigenvalue weighted by Gasteiger charge is 2.16. The number of hydrogen-bond donors (Lipinski definition) is 1. The zero-order valence-corrected chi connectivity index (χ0v) is 11.6. The van der Waals surface area contributed by atoms with Gasteiger partial charge >= 0.3 is 0 Å². The van der Waals surface area contributed by atoms with Gasteiger partial charge in [0.1, 0.15) is 18.6 Å². The van der Waals surface area contributed by atoms with Crippen LogP contribution in [0.1, 0.15) is 25.7 Å². The number of nitrogens with one attached hydrogen (secondary N) is 1. The van der Waals surface area contributed by atoms with Crippen LogP contribution in [0.3, 0.4) is 0 Å². The standard InChI is InChI=1S/C14H17N5O2/c20-14(9-19-10-15-17-18-19)16-11-4-3-7-13(8-11)21-12-5-1-2-6-12/h3-4,7-8,10,12H,1-2,5-6,9H2,(H,16,20). The number of nitrogens with zero attached hydrogens (tertiary/aromatic N) is 4. The zero-order valence-electron chi connectivity index (χ0n) is 11.6. The van der Waals surface area contributed by atoms with Gasteiger partial charge in [0, 0.05) is 11.8 Å². The molecule has 1 N–H and O–H groups in total. The third kappa shape index (κ3) is 3.77. The highest BCUT2D eigenvalue weighted by molar-refractivity contribution is 5.90. The van der Waals surface area contributed by atoms with E-state index < -0.39 is 0 Å². The third-order valence-electron chi connectivity index (χ3n) is 3.42. The molecule has 1 fully saturated rings. The van der Waals surface area contributed by atoms with Gasteiger partial charge in [0.25, 0.3) is 0 Å². The van der Waals surface area contributed by atoms with Gasteiger partial charge in [-0.25, -0.2) is 4.68 Å². The van der Waals surface area contributed by atoms with Crippen LogP contribution in [-0.2, 0) is 11.3 Å². The summed E-state index contributed by atoms with van der Waals surface area (Å²) in [7, 11) is 0. The number of hydrogen-bond acceptors (Lipinski definition) is 5. The first-order chi connectivity index (χ1) is 10.3. The van der Waals surface area contributed by atoms with Crippen molar-refractivity contribution in [1.29, 1.82) is 0 Å². The molecular formula is C14H17N5O2. The van der Waals surface area contributed by atoms with E-state index in [2.05, 4.69) is 20.8 Å². The Labute approximate surface area is 122 Å². The summed E-state index contributed by atoms with van der Waals surface area (Å²) >= 11 is 0. The van der Waals surface area contributed by atoms with Gasteiger partial charge < -0.3 is 10.1 Å². The topological polar surface area (TPSA) is 81.9 Å². The van der Waals surface area contributed by atoms with Gasteiger partial charge in [0.05, 0.1) is 6.10 Å². The lowest BCUT2D eigenvalue weighted by Crippen LogP contribution is -2.19. The van der Waals surface area contributed by atoms with Gasteiger partial charge in [-0.1, -0.05) is 6.07 Å². The summed E-state index contributed by atoms with van der Waals surface area (Å²) in [6, 6.07) is 7.46. The second kappa shape index (κ2) is 6.34. The molecule has 1 aromatic heterocycles. The van der Waals surface area contributed by atoms with E-state index in [9.17, 15) is 4.79 Å². The fraction of sp³-hybridized carbons (Fsp3) is 0.429. The van der Waals surface area contributed by atoms with Crippen LogP contribution in [-0.4, -0.2) is 32.2 Å². The van der Waals surface area contributed by atoms with E-state index in [0.29, 0.717) is 11.8 Å². The molecular weight excluding hydrogens is 270 g/mol. The second-order valence-electron chi connectivity index (χ2n) is 5.11. The molecule has 1 heterocycles. The molecule has 1 aliphatic carbocycles. The number of rotatable bonds is 5. The van der Waals surface area contributed by atoms with E-state index in [1.807, 2.05) is 24.3 Å². The maximum absolute atomic E-state index is 11.9. The van der Waals surface area contributed by atoms with Crippen molar-refractivity contribution in [1.82, 2.24) is 20.2 Å². The van der Waals surface area contributed by atoms with Crippen LogP contribution in [0.2, 0.25) is 0 Å². The molecule has 0 unspecified atom stereocenters. The minimum absolute atomic E-state index is 0.0840. The van der Waals surface area contributed by atoms with E-state index in [0.717, 1.165) is 18.6 Å². The fourth-order valence-electron chi connectivity index (χ4n) is 2.45. The Bertz CT molecular complexity index is 593. The molecule has 21 heavy (non-hydrogen) atoms. The predicted octanol–water partition coefficient (Wildman–Crippen LogP) is 1.63. The summed E-state index contributed by atoms with van der Waals surface area (Å²) < 4.78 is 7.28. The molecule has 0 radical (unpaired) electrons. The van der Waals surface area contributed by atoms with Gasteiger partial charge in [0.15, 0.2) is 0 Å². The van der Waals surface area contributed by atoms with E-state index in [4.69, 9.17) is 4.74 Å². The number of aromatic nitrogens is 4. The number of tetrazole rings is 1. The Kier molecular flexibility index (Phi) is 4.09. The van der Waals surface area contributed by atoms with Crippen LogP contribution in [0, 0.1) is 0 Å². The van der Waals surface area contributed by atoms with Crippen molar-refractivity contribution >= 4 is 11.6 Å². The van der Waals surface area contributed by atoms with Crippen LogP contribution >= 0.6 is 0 Å². The molecule has 0 bridgehead atoms. The lowest BCUT2D eigenvalue weighted by molar-refractivity contribution is -0.116. The number of amides is 1. The second-order valence-corrected chi connectivity index (χ2v) is 5.11. The molecule has 1 amide bonds. The van der Waals surface area contributed by atoms with Crippen molar-refractivity contribution in [2.75, 3.05) is 5.32 Å². The summed E-state index contributed by atoms with van der Waals surface area (Å²) in [5.74, 6) is 0.613. The van der Waals surface area contributed by atoms with E-state index >= 15 is 0 Å². The molecule has 0 saturated heterocycles. The largest absolute Gasteiger partial charge is 0.490 e. The molecule has 0 atom stereocenters. The SMILES string of the molecule is O=C(Cn1cnnn1)Nc1cccc(OC2CCCC2)c1. The van der Waals surface area contributed by atoms with Crippen molar-refractivity contribution < 1.29 is 9.53 Å². The Morgan fingerprint density at radius 2 is 2.24 bits per heavy atom. The number of carbonyl (C=O) groups is 1. The number of ether oxygens (including phenoxy) is 1. The summed E-state index contributed by atoms with van der Waals surface area (Å²) in [6.07, 6.45) is 6.38. The molecule has 0 spiro atoms. The molecule has 7 nitrogen and oxygen atoms in total. The number of carbonyl (C=O) groups excluding carboxylic acids is 1. The third-order valence-corrected chi connectivity index (χ3v) is 3.42.